The van der Waals surface area contributed by atoms with Crippen LogP contribution >= 0.6 is 10.7 Å². The van der Waals surface area contributed by atoms with Gasteiger partial charge >= 0.3 is 6.18 Å². The van der Waals surface area contributed by atoms with Crippen LogP contribution in [0.1, 0.15) is 29.7 Å². The molecule has 0 saturated carbocycles. The zero-order valence-corrected chi connectivity index (χ0v) is 12.0. The van der Waals surface area contributed by atoms with Gasteiger partial charge in [-0.1, -0.05) is 0 Å². The van der Waals surface area contributed by atoms with Gasteiger partial charge in [0.15, 0.2) is 5.76 Å². The summed E-state index contributed by atoms with van der Waals surface area (Å²) in [6.07, 6.45) is -5.63. The summed E-state index contributed by atoms with van der Waals surface area (Å²) in [6, 6.07) is -0.309. The van der Waals surface area contributed by atoms with E-state index in [4.69, 9.17) is 15.1 Å². The Morgan fingerprint density at radius 1 is 1.50 bits per heavy atom. The van der Waals surface area contributed by atoms with E-state index in [1.165, 1.54) is 13.8 Å². The molecule has 1 heterocycles. The van der Waals surface area contributed by atoms with Gasteiger partial charge in [-0.3, -0.25) is 4.79 Å². The number of alkyl halides is 3. The number of halogens is 4. The first-order chi connectivity index (χ1) is 8.90. The van der Waals surface area contributed by atoms with Crippen LogP contribution in [0, 0.1) is 6.92 Å². The Bertz CT molecular complexity index is 609. The largest absolute Gasteiger partial charge is 0.455 e. The fraction of sp³-hybridized carbons (Fsp3) is 0.500. The standard InChI is InChI=1S/C10H11ClF3NO4S/c1-5(4-10(12,13)14)15-9(16)7-3-8(6(2)19-7)20(11,17)18/h3,5H,4H2,1-2H3,(H,15,16). The van der Waals surface area contributed by atoms with Crippen molar-refractivity contribution in [3.05, 3.63) is 17.6 Å². The van der Waals surface area contributed by atoms with E-state index < -0.39 is 44.3 Å². The molecule has 114 valence electrons. The van der Waals surface area contributed by atoms with Crippen LogP contribution in [-0.4, -0.2) is 26.5 Å². The third kappa shape index (κ3) is 4.71. The van der Waals surface area contributed by atoms with Crippen molar-refractivity contribution in [3.63, 3.8) is 0 Å². The summed E-state index contributed by atoms with van der Waals surface area (Å²) in [6.45, 7) is 2.44. The van der Waals surface area contributed by atoms with Crippen molar-refractivity contribution in [2.75, 3.05) is 0 Å². The van der Waals surface area contributed by atoms with E-state index >= 15 is 0 Å². The minimum absolute atomic E-state index is 0.117. The van der Waals surface area contributed by atoms with Gasteiger partial charge in [0.25, 0.3) is 15.0 Å². The maximum atomic E-state index is 12.1. The molecule has 1 unspecified atom stereocenters. The topological polar surface area (TPSA) is 76.4 Å². The first-order valence-electron chi connectivity index (χ1n) is 5.33. The lowest BCUT2D eigenvalue weighted by Crippen LogP contribution is -2.35. The van der Waals surface area contributed by atoms with Crippen molar-refractivity contribution >= 4 is 25.6 Å². The summed E-state index contributed by atoms with van der Waals surface area (Å²) in [7, 11) is 1.02. The van der Waals surface area contributed by atoms with E-state index in [2.05, 4.69) is 5.32 Å². The number of aryl methyl sites for hydroxylation is 1. The molecule has 0 spiro atoms. The molecule has 1 aromatic heterocycles. The van der Waals surface area contributed by atoms with Crippen LogP contribution in [0.3, 0.4) is 0 Å². The lowest BCUT2D eigenvalue weighted by molar-refractivity contribution is -0.138. The highest BCUT2D eigenvalue weighted by atomic mass is 35.7. The minimum atomic E-state index is -4.42. The quantitative estimate of drug-likeness (QED) is 0.859. The number of furan rings is 1. The summed E-state index contributed by atoms with van der Waals surface area (Å²) in [5.74, 6) is -1.49. The molecule has 1 aromatic rings. The molecular weight excluding hydrogens is 323 g/mol. The van der Waals surface area contributed by atoms with Gasteiger partial charge in [-0.25, -0.2) is 8.42 Å². The van der Waals surface area contributed by atoms with Gasteiger partial charge in [0.2, 0.25) is 0 Å². The number of nitrogens with one attached hydrogen (secondary N) is 1. The first kappa shape index (κ1) is 16.8. The molecule has 1 atom stereocenters. The van der Waals surface area contributed by atoms with Crippen LogP contribution in [0.5, 0.6) is 0 Å². The average Bonchev–Trinajstić information content (AvgIpc) is 2.56. The summed E-state index contributed by atoms with van der Waals surface area (Å²) in [4.78, 5) is 11.2. The van der Waals surface area contributed by atoms with E-state index in [0.29, 0.717) is 0 Å². The number of carbonyl (C=O) groups excluding carboxylic acids is 1. The Hall–Kier alpha value is -1.22. The van der Waals surface area contributed by atoms with Crippen LogP contribution < -0.4 is 5.32 Å². The van der Waals surface area contributed by atoms with E-state index in [-0.39, 0.29) is 5.76 Å². The summed E-state index contributed by atoms with van der Waals surface area (Å²) < 4.78 is 63.5. The predicted molar refractivity (Wildman–Crippen MR) is 64.1 cm³/mol. The van der Waals surface area contributed by atoms with E-state index in [0.717, 1.165) is 6.07 Å². The molecule has 0 bridgehead atoms. The Labute approximate surface area is 117 Å². The van der Waals surface area contributed by atoms with Crippen molar-refractivity contribution in [1.82, 2.24) is 5.32 Å². The number of hydrogen-bond acceptors (Lipinski definition) is 4. The molecule has 10 heteroatoms. The molecule has 0 aromatic carbocycles. The molecule has 0 aliphatic rings. The minimum Gasteiger partial charge on any atom is -0.455 e. The normalized spacial score (nSPS) is 14.1. The van der Waals surface area contributed by atoms with Crippen molar-refractivity contribution in [1.29, 1.82) is 0 Å². The highest BCUT2D eigenvalue weighted by Crippen LogP contribution is 2.24. The molecule has 20 heavy (non-hydrogen) atoms. The zero-order chi connectivity index (χ0) is 15.7. The molecular formula is C10H11ClF3NO4S. The highest BCUT2D eigenvalue weighted by Gasteiger charge is 2.31. The maximum Gasteiger partial charge on any atom is 0.391 e. The fourth-order valence-electron chi connectivity index (χ4n) is 1.51. The second-order valence-electron chi connectivity index (χ2n) is 4.16. The molecule has 1 N–H and O–H groups in total. The van der Waals surface area contributed by atoms with Gasteiger partial charge in [-0.15, -0.1) is 0 Å². The second-order valence-corrected chi connectivity index (χ2v) is 6.70. The number of rotatable bonds is 4. The van der Waals surface area contributed by atoms with Crippen LogP contribution in [0.25, 0.3) is 0 Å². The van der Waals surface area contributed by atoms with Crippen molar-refractivity contribution in [3.8, 4) is 0 Å². The van der Waals surface area contributed by atoms with Crippen LogP contribution in [0.4, 0.5) is 13.2 Å². The van der Waals surface area contributed by atoms with Crippen molar-refractivity contribution in [2.24, 2.45) is 0 Å². The second kappa shape index (κ2) is 5.65. The predicted octanol–water partition coefficient (Wildman–Crippen LogP) is 2.59. The molecule has 0 aliphatic heterocycles. The summed E-state index contributed by atoms with van der Waals surface area (Å²) in [5, 5.41) is 2.05. The molecule has 0 saturated heterocycles. The lowest BCUT2D eigenvalue weighted by atomic mass is 10.2. The van der Waals surface area contributed by atoms with Crippen LogP contribution in [0.2, 0.25) is 0 Å². The monoisotopic (exact) mass is 333 g/mol. The van der Waals surface area contributed by atoms with Crippen molar-refractivity contribution in [2.45, 2.75) is 37.4 Å². The Morgan fingerprint density at radius 2 is 2.05 bits per heavy atom. The smallest absolute Gasteiger partial charge is 0.391 e. The third-order valence-electron chi connectivity index (χ3n) is 2.27. The summed E-state index contributed by atoms with van der Waals surface area (Å²) >= 11 is 0. The first-order valence-corrected chi connectivity index (χ1v) is 7.64. The number of hydrogen-bond donors (Lipinski definition) is 1. The van der Waals surface area contributed by atoms with Gasteiger partial charge < -0.3 is 9.73 Å². The van der Waals surface area contributed by atoms with Crippen LogP contribution in [0.15, 0.2) is 15.4 Å². The van der Waals surface area contributed by atoms with Gasteiger partial charge in [0, 0.05) is 22.8 Å². The van der Waals surface area contributed by atoms with Gasteiger partial charge in [0.1, 0.15) is 10.7 Å². The van der Waals surface area contributed by atoms with Gasteiger partial charge in [0.05, 0.1) is 6.42 Å². The Kier molecular flexibility index (Phi) is 4.75. The molecule has 0 aliphatic carbocycles. The molecule has 5 nitrogen and oxygen atoms in total. The molecule has 1 rings (SSSR count). The van der Waals surface area contributed by atoms with Gasteiger partial charge in [-0.2, -0.15) is 13.2 Å². The Balaban J connectivity index is 2.84. The number of carbonyl (C=O) groups is 1. The molecule has 0 fully saturated rings. The average molecular weight is 334 g/mol. The Morgan fingerprint density at radius 3 is 2.45 bits per heavy atom. The zero-order valence-electron chi connectivity index (χ0n) is 10.4. The van der Waals surface area contributed by atoms with E-state index in [1.54, 1.807) is 0 Å². The van der Waals surface area contributed by atoms with E-state index in [1.807, 2.05) is 0 Å². The highest BCUT2D eigenvalue weighted by molar-refractivity contribution is 8.13. The lowest BCUT2D eigenvalue weighted by Gasteiger charge is -2.14. The fourth-order valence-corrected chi connectivity index (χ4v) is 2.60. The van der Waals surface area contributed by atoms with E-state index in [9.17, 15) is 26.4 Å². The number of amides is 1. The molecule has 1 amide bonds. The SMILES string of the molecule is Cc1oc(C(=O)NC(C)CC(F)(F)F)cc1S(=O)(=O)Cl. The van der Waals surface area contributed by atoms with Gasteiger partial charge in [-0.05, 0) is 13.8 Å². The van der Waals surface area contributed by atoms with Crippen LogP contribution in [-0.2, 0) is 9.05 Å². The summed E-state index contributed by atoms with van der Waals surface area (Å²) in [5.41, 5.74) is 0. The maximum absolute atomic E-state index is 12.1. The molecule has 0 radical (unpaired) electrons. The van der Waals surface area contributed by atoms with Crippen molar-refractivity contribution < 1.29 is 30.8 Å². The third-order valence-corrected chi connectivity index (χ3v) is 3.70.